The number of carbonyl (C=O) groups is 1. The van der Waals surface area contributed by atoms with Crippen LogP contribution >= 0.6 is 11.6 Å². The Morgan fingerprint density at radius 3 is 2.61 bits per heavy atom. The maximum Gasteiger partial charge on any atom is 0.262 e. The Hall–Kier alpha value is -2.04. The lowest BCUT2D eigenvalue weighted by atomic mass is 10.1. The van der Waals surface area contributed by atoms with E-state index in [0.29, 0.717) is 17.3 Å². The molecule has 0 aromatic heterocycles. The van der Waals surface area contributed by atoms with E-state index >= 15 is 0 Å². The van der Waals surface area contributed by atoms with E-state index in [1.807, 2.05) is 37.3 Å². The van der Waals surface area contributed by atoms with Crippen molar-refractivity contribution in [1.82, 2.24) is 4.90 Å². The molecule has 1 aliphatic heterocycles. The third-order valence-electron chi connectivity index (χ3n) is 3.83. The fourth-order valence-electron chi connectivity index (χ4n) is 2.60. The van der Waals surface area contributed by atoms with Crippen LogP contribution in [0.15, 0.2) is 54.6 Å². The van der Waals surface area contributed by atoms with Gasteiger partial charge in [0.2, 0.25) is 0 Å². The smallest absolute Gasteiger partial charge is 0.262 e. The molecule has 2 unspecified atom stereocenters. The van der Waals surface area contributed by atoms with Crippen LogP contribution in [0.5, 0.6) is 5.75 Å². The number of ether oxygens (including phenoxy) is 2. The van der Waals surface area contributed by atoms with Crippen LogP contribution in [-0.4, -0.2) is 30.2 Å². The van der Waals surface area contributed by atoms with Crippen molar-refractivity contribution in [3.8, 4) is 5.75 Å². The topological polar surface area (TPSA) is 38.8 Å². The zero-order valence-electron chi connectivity index (χ0n) is 12.8. The van der Waals surface area contributed by atoms with Crippen LogP contribution in [0.25, 0.3) is 0 Å². The zero-order valence-corrected chi connectivity index (χ0v) is 13.6. The molecule has 1 saturated heterocycles. The highest BCUT2D eigenvalue weighted by molar-refractivity contribution is 6.30. The summed E-state index contributed by atoms with van der Waals surface area (Å²) in [6.45, 7) is 2.40. The van der Waals surface area contributed by atoms with Crippen LogP contribution in [0.1, 0.15) is 18.6 Å². The quantitative estimate of drug-likeness (QED) is 0.858. The lowest BCUT2D eigenvalue weighted by molar-refractivity contribution is -0.137. The summed E-state index contributed by atoms with van der Waals surface area (Å²) in [6, 6.07) is 16.9. The molecular formula is C18H18ClNO3. The Morgan fingerprint density at radius 2 is 1.91 bits per heavy atom. The molecular weight excluding hydrogens is 314 g/mol. The average molecular weight is 332 g/mol. The van der Waals surface area contributed by atoms with E-state index in [1.54, 1.807) is 29.2 Å². The van der Waals surface area contributed by atoms with Gasteiger partial charge in [-0.15, -0.1) is 0 Å². The molecule has 2 aromatic carbocycles. The van der Waals surface area contributed by atoms with Gasteiger partial charge in [0.25, 0.3) is 5.91 Å². The van der Waals surface area contributed by atoms with Gasteiger partial charge in [0, 0.05) is 5.02 Å². The molecule has 0 saturated carbocycles. The van der Waals surface area contributed by atoms with Crippen LogP contribution in [-0.2, 0) is 9.53 Å². The predicted octanol–water partition coefficient (Wildman–Crippen LogP) is 3.66. The van der Waals surface area contributed by atoms with E-state index in [-0.39, 0.29) is 24.8 Å². The number of halogens is 1. The Balaban J connectivity index is 1.58. The van der Waals surface area contributed by atoms with Gasteiger partial charge in [-0.25, -0.2) is 0 Å². The molecule has 0 bridgehead atoms. The molecule has 0 aliphatic carbocycles. The summed E-state index contributed by atoms with van der Waals surface area (Å²) in [5.41, 5.74) is 1.08. The summed E-state index contributed by atoms with van der Waals surface area (Å²) >= 11 is 5.82. The number of nitrogens with zero attached hydrogens (tertiary/aromatic N) is 1. The molecule has 5 heteroatoms. The number of carbonyl (C=O) groups excluding carboxylic acids is 1. The zero-order chi connectivity index (χ0) is 16.2. The van der Waals surface area contributed by atoms with Gasteiger partial charge in [-0.1, -0.05) is 41.9 Å². The van der Waals surface area contributed by atoms with Crippen molar-refractivity contribution in [2.45, 2.75) is 19.3 Å². The summed E-state index contributed by atoms with van der Waals surface area (Å²) in [4.78, 5) is 14.1. The number of amides is 1. The van der Waals surface area contributed by atoms with Crippen LogP contribution in [0, 0.1) is 0 Å². The second kappa shape index (κ2) is 7.02. The van der Waals surface area contributed by atoms with E-state index in [0.717, 1.165) is 5.56 Å². The number of benzene rings is 2. The lowest BCUT2D eigenvalue weighted by Crippen LogP contribution is -2.37. The molecule has 1 heterocycles. The first-order valence-electron chi connectivity index (χ1n) is 7.52. The van der Waals surface area contributed by atoms with Gasteiger partial charge < -0.3 is 14.4 Å². The molecule has 3 rings (SSSR count). The standard InChI is InChI=1S/C18H18ClNO3/c1-13-20(11-17(23-13)14-5-3-2-4-6-14)18(21)12-22-16-9-7-15(19)8-10-16/h2-10,13,17H,11-12H2,1H3. The van der Waals surface area contributed by atoms with Gasteiger partial charge >= 0.3 is 0 Å². The maximum absolute atomic E-state index is 12.4. The Labute approximate surface area is 140 Å². The first-order valence-corrected chi connectivity index (χ1v) is 7.89. The van der Waals surface area contributed by atoms with Crippen molar-refractivity contribution in [3.05, 3.63) is 65.2 Å². The minimum Gasteiger partial charge on any atom is -0.484 e. The van der Waals surface area contributed by atoms with Crippen LogP contribution in [0.3, 0.4) is 0 Å². The second-order valence-electron chi connectivity index (χ2n) is 5.42. The minimum atomic E-state index is -0.262. The Morgan fingerprint density at radius 1 is 1.22 bits per heavy atom. The predicted molar refractivity (Wildman–Crippen MR) is 88.4 cm³/mol. The van der Waals surface area contributed by atoms with Gasteiger partial charge in [0.15, 0.2) is 6.61 Å². The average Bonchev–Trinajstić information content (AvgIpc) is 2.97. The molecule has 23 heavy (non-hydrogen) atoms. The number of hydrogen-bond donors (Lipinski definition) is 0. The monoisotopic (exact) mass is 331 g/mol. The highest BCUT2D eigenvalue weighted by Crippen LogP contribution is 2.28. The van der Waals surface area contributed by atoms with Crippen molar-refractivity contribution in [2.75, 3.05) is 13.2 Å². The van der Waals surface area contributed by atoms with Gasteiger partial charge in [-0.2, -0.15) is 0 Å². The second-order valence-corrected chi connectivity index (χ2v) is 5.86. The minimum absolute atomic E-state index is 0.0170. The van der Waals surface area contributed by atoms with E-state index in [4.69, 9.17) is 21.1 Å². The largest absolute Gasteiger partial charge is 0.484 e. The molecule has 1 aliphatic rings. The number of rotatable bonds is 4. The summed E-state index contributed by atoms with van der Waals surface area (Å²) in [7, 11) is 0. The van der Waals surface area contributed by atoms with E-state index < -0.39 is 0 Å². The van der Waals surface area contributed by atoms with E-state index in [9.17, 15) is 4.79 Å². The molecule has 0 radical (unpaired) electrons. The molecule has 2 aromatic rings. The van der Waals surface area contributed by atoms with Gasteiger partial charge in [0.05, 0.1) is 6.54 Å². The van der Waals surface area contributed by atoms with Gasteiger partial charge in [-0.3, -0.25) is 4.79 Å². The molecule has 2 atom stereocenters. The Kier molecular flexibility index (Phi) is 4.84. The lowest BCUT2D eigenvalue weighted by Gasteiger charge is -2.19. The van der Waals surface area contributed by atoms with Gasteiger partial charge in [-0.05, 0) is 36.8 Å². The molecule has 1 amide bonds. The molecule has 1 fully saturated rings. The summed E-state index contributed by atoms with van der Waals surface area (Å²) < 4.78 is 11.4. The number of hydrogen-bond acceptors (Lipinski definition) is 3. The van der Waals surface area contributed by atoms with E-state index in [2.05, 4.69) is 0 Å². The first-order chi connectivity index (χ1) is 11.1. The highest BCUT2D eigenvalue weighted by atomic mass is 35.5. The SMILES string of the molecule is CC1OC(c2ccccc2)CN1C(=O)COc1ccc(Cl)cc1. The van der Waals surface area contributed by atoms with Crippen molar-refractivity contribution in [2.24, 2.45) is 0 Å². The summed E-state index contributed by atoms with van der Waals surface area (Å²) in [5, 5.41) is 0.635. The van der Waals surface area contributed by atoms with Crippen LogP contribution < -0.4 is 4.74 Å². The summed E-state index contributed by atoms with van der Waals surface area (Å²) in [5.74, 6) is 0.529. The van der Waals surface area contributed by atoms with Crippen molar-refractivity contribution in [3.63, 3.8) is 0 Å². The van der Waals surface area contributed by atoms with Crippen molar-refractivity contribution >= 4 is 17.5 Å². The third kappa shape index (κ3) is 3.84. The molecule has 120 valence electrons. The summed E-state index contributed by atoms with van der Waals surface area (Å²) in [6.07, 6.45) is -0.354. The van der Waals surface area contributed by atoms with Crippen LogP contribution in [0.2, 0.25) is 5.02 Å². The molecule has 0 spiro atoms. The molecule has 4 nitrogen and oxygen atoms in total. The van der Waals surface area contributed by atoms with Crippen molar-refractivity contribution < 1.29 is 14.3 Å². The fourth-order valence-corrected chi connectivity index (χ4v) is 2.72. The highest BCUT2D eigenvalue weighted by Gasteiger charge is 2.34. The molecule has 0 N–H and O–H groups in total. The van der Waals surface area contributed by atoms with Crippen LogP contribution in [0.4, 0.5) is 0 Å². The maximum atomic E-state index is 12.4. The van der Waals surface area contributed by atoms with Gasteiger partial charge in [0.1, 0.15) is 18.1 Å². The third-order valence-corrected chi connectivity index (χ3v) is 4.08. The van der Waals surface area contributed by atoms with E-state index in [1.165, 1.54) is 0 Å². The Bertz CT molecular complexity index is 660. The fraction of sp³-hybridized carbons (Fsp3) is 0.278. The van der Waals surface area contributed by atoms with Crippen molar-refractivity contribution in [1.29, 1.82) is 0 Å². The first kappa shape index (κ1) is 15.8. The normalized spacial score (nSPS) is 20.5.